The van der Waals surface area contributed by atoms with Gasteiger partial charge in [0, 0.05) is 12.5 Å². The predicted molar refractivity (Wildman–Crippen MR) is 76.1 cm³/mol. The minimum absolute atomic E-state index is 0.230. The zero-order chi connectivity index (χ0) is 13.8. The Balaban J connectivity index is 2.32. The molecule has 0 spiro atoms. The van der Waals surface area contributed by atoms with E-state index in [1.165, 1.54) is 12.8 Å². The van der Waals surface area contributed by atoms with Crippen molar-refractivity contribution in [3.05, 3.63) is 0 Å². The van der Waals surface area contributed by atoms with Gasteiger partial charge in [-0.05, 0) is 49.5 Å². The Labute approximate surface area is 112 Å². The van der Waals surface area contributed by atoms with Crippen molar-refractivity contribution < 1.29 is 4.79 Å². The molecule has 0 aromatic carbocycles. The van der Waals surface area contributed by atoms with Gasteiger partial charge in [0.15, 0.2) is 0 Å². The Morgan fingerprint density at radius 3 is 2.28 bits per heavy atom. The third kappa shape index (κ3) is 4.60. The lowest BCUT2D eigenvalue weighted by Gasteiger charge is -2.36. The Morgan fingerprint density at radius 2 is 1.83 bits per heavy atom. The summed E-state index contributed by atoms with van der Waals surface area (Å²) in [6, 6.07) is 0. The fourth-order valence-electron chi connectivity index (χ4n) is 2.72. The molecule has 0 aromatic rings. The van der Waals surface area contributed by atoms with Crippen molar-refractivity contribution in [3.8, 4) is 0 Å². The molecule has 1 atom stereocenters. The van der Waals surface area contributed by atoms with E-state index in [1.807, 2.05) is 0 Å². The van der Waals surface area contributed by atoms with Crippen LogP contribution in [0.3, 0.4) is 0 Å². The maximum atomic E-state index is 12.0. The number of amides is 1. The first-order valence-corrected chi connectivity index (χ1v) is 7.32. The van der Waals surface area contributed by atoms with E-state index >= 15 is 0 Å². The SMILES string of the molecule is CC(CN)CNC(=O)C1CCC(C(C)(C)C)CC1. The Morgan fingerprint density at radius 1 is 1.28 bits per heavy atom. The molecule has 0 saturated heterocycles. The molecule has 1 fully saturated rings. The minimum Gasteiger partial charge on any atom is -0.356 e. The van der Waals surface area contributed by atoms with Crippen molar-refractivity contribution in [1.29, 1.82) is 0 Å². The van der Waals surface area contributed by atoms with Crippen LogP contribution in [-0.4, -0.2) is 19.0 Å². The van der Waals surface area contributed by atoms with Crippen molar-refractivity contribution in [2.24, 2.45) is 28.9 Å². The number of nitrogens with two attached hydrogens (primary N) is 1. The highest BCUT2D eigenvalue weighted by Crippen LogP contribution is 2.39. The van der Waals surface area contributed by atoms with Crippen LogP contribution in [0.4, 0.5) is 0 Å². The molecule has 0 heterocycles. The molecule has 106 valence electrons. The van der Waals surface area contributed by atoms with E-state index in [0.717, 1.165) is 18.8 Å². The van der Waals surface area contributed by atoms with E-state index in [9.17, 15) is 4.79 Å². The maximum absolute atomic E-state index is 12.0. The van der Waals surface area contributed by atoms with Crippen LogP contribution < -0.4 is 11.1 Å². The average molecular weight is 254 g/mol. The van der Waals surface area contributed by atoms with Crippen LogP contribution in [0.1, 0.15) is 53.4 Å². The van der Waals surface area contributed by atoms with Gasteiger partial charge < -0.3 is 11.1 Å². The number of carbonyl (C=O) groups excluding carboxylic acids is 1. The molecule has 3 N–H and O–H groups in total. The lowest BCUT2D eigenvalue weighted by atomic mass is 9.69. The van der Waals surface area contributed by atoms with Crippen LogP contribution in [-0.2, 0) is 4.79 Å². The summed E-state index contributed by atoms with van der Waals surface area (Å²) < 4.78 is 0. The maximum Gasteiger partial charge on any atom is 0.223 e. The fraction of sp³-hybridized carbons (Fsp3) is 0.933. The van der Waals surface area contributed by atoms with Crippen molar-refractivity contribution in [1.82, 2.24) is 5.32 Å². The molecular formula is C15H30N2O. The van der Waals surface area contributed by atoms with E-state index in [-0.39, 0.29) is 11.8 Å². The van der Waals surface area contributed by atoms with Gasteiger partial charge in [-0.2, -0.15) is 0 Å². The summed E-state index contributed by atoms with van der Waals surface area (Å²) in [6.45, 7) is 10.3. The van der Waals surface area contributed by atoms with Crippen molar-refractivity contribution in [2.45, 2.75) is 53.4 Å². The molecule has 18 heavy (non-hydrogen) atoms. The highest BCUT2D eigenvalue weighted by molar-refractivity contribution is 5.78. The second kappa shape index (κ2) is 6.55. The molecule has 1 amide bonds. The van der Waals surface area contributed by atoms with Crippen LogP contribution >= 0.6 is 0 Å². The third-order valence-corrected chi connectivity index (χ3v) is 4.35. The Kier molecular flexibility index (Phi) is 5.64. The first-order valence-electron chi connectivity index (χ1n) is 7.32. The number of hydrogen-bond donors (Lipinski definition) is 2. The van der Waals surface area contributed by atoms with Gasteiger partial charge in [-0.3, -0.25) is 4.79 Å². The highest BCUT2D eigenvalue weighted by atomic mass is 16.1. The summed E-state index contributed by atoms with van der Waals surface area (Å²) in [6.07, 6.45) is 4.47. The van der Waals surface area contributed by atoms with Crippen LogP contribution in [0.15, 0.2) is 0 Å². The van der Waals surface area contributed by atoms with E-state index in [4.69, 9.17) is 5.73 Å². The van der Waals surface area contributed by atoms with Gasteiger partial charge in [0.05, 0.1) is 0 Å². The summed E-state index contributed by atoms with van der Waals surface area (Å²) in [5, 5.41) is 3.04. The summed E-state index contributed by atoms with van der Waals surface area (Å²) >= 11 is 0. The molecule has 3 heteroatoms. The standard InChI is InChI=1S/C15H30N2O/c1-11(9-16)10-17-14(18)12-5-7-13(8-6-12)15(2,3)4/h11-13H,5-10,16H2,1-4H3,(H,17,18). The van der Waals surface area contributed by atoms with Crippen LogP contribution in [0.2, 0.25) is 0 Å². The lowest BCUT2D eigenvalue weighted by molar-refractivity contribution is -0.126. The van der Waals surface area contributed by atoms with E-state index in [1.54, 1.807) is 0 Å². The van der Waals surface area contributed by atoms with E-state index in [2.05, 4.69) is 33.0 Å². The molecule has 1 aliphatic rings. The largest absolute Gasteiger partial charge is 0.356 e. The van der Waals surface area contributed by atoms with Gasteiger partial charge in [-0.1, -0.05) is 27.7 Å². The van der Waals surface area contributed by atoms with E-state index in [0.29, 0.717) is 24.4 Å². The Bertz CT molecular complexity index is 262. The van der Waals surface area contributed by atoms with Gasteiger partial charge in [0.1, 0.15) is 0 Å². The second-order valence-electron chi connectivity index (χ2n) is 7.00. The molecule has 1 aliphatic carbocycles. The molecule has 1 unspecified atom stereocenters. The molecule has 0 radical (unpaired) electrons. The summed E-state index contributed by atoms with van der Waals surface area (Å²) in [7, 11) is 0. The highest BCUT2D eigenvalue weighted by Gasteiger charge is 2.32. The predicted octanol–water partition coefficient (Wildman–Crippen LogP) is 2.55. The van der Waals surface area contributed by atoms with Gasteiger partial charge >= 0.3 is 0 Å². The van der Waals surface area contributed by atoms with Crippen LogP contribution in [0.5, 0.6) is 0 Å². The smallest absolute Gasteiger partial charge is 0.223 e. The van der Waals surface area contributed by atoms with Gasteiger partial charge in [0.2, 0.25) is 5.91 Å². The minimum atomic E-state index is 0.230. The number of rotatable bonds is 4. The van der Waals surface area contributed by atoms with Crippen LogP contribution in [0, 0.1) is 23.2 Å². The van der Waals surface area contributed by atoms with Gasteiger partial charge in [0.25, 0.3) is 0 Å². The molecule has 3 nitrogen and oxygen atoms in total. The zero-order valence-electron chi connectivity index (χ0n) is 12.5. The monoisotopic (exact) mass is 254 g/mol. The average Bonchev–Trinajstić information content (AvgIpc) is 2.34. The normalized spacial score (nSPS) is 26.7. The lowest BCUT2D eigenvalue weighted by Crippen LogP contribution is -2.38. The van der Waals surface area contributed by atoms with Gasteiger partial charge in [-0.25, -0.2) is 0 Å². The molecule has 0 aromatic heterocycles. The molecule has 1 rings (SSSR count). The molecule has 0 aliphatic heterocycles. The molecule has 1 saturated carbocycles. The van der Waals surface area contributed by atoms with Crippen molar-refractivity contribution in [2.75, 3.05) is 13.1 Å². The van der Waals surface area contributed by atoms with Crippen LogP contribution in [0.25, 0.3) is 0 Å². The topological polar surface area (TPSA) is 55.1 Å². The van der Waals surface area contributed by atoms with Crippen molar-refractivity contribution >= 4 is 5.91 Å². The number of carbonyl (C=O) groups is 1. The second-order valence-corrected chi connectivity index (χ2v) is 7.00. The fourth-order valence-corrected chi connectivity index (χ4v) is 2.72. The van der Waals surface area contributed by atoms with Crippen molar-refractivity contribution in [3.63, 3.8) is 0 Å². The molecule has 0 bridgehead atoms. The molecular weight excluding hydrogens is 224 g/mol. The van der Waals surface area contributed by atoms with E-state index < -0.39 is 0 Å². The number of hydrogen-bond acceptors (Lipinski definition) is 2. The number of nitrogens with one attached hydrogen (secondary N) is 1. The Hall–Kier alpha value is -0.570. The van der Waals surface area contributed by atoms with Gasteiger partial charge in [-0.15, -0.1) is 0 Å². The summed E-state index contributed by atoms with van der Waals surface area (Å²) in [4.78, 5) is 12.0. The quantitative estimate of drug-likeness (QED) is 0.810. The third-order valence-electron chi connectivity index (χ3n) is 4.35. The summed E-state index contributed by atoms with van der Waals surface area (Å²) in [5.74, 6) is 1.61. The summed E-state index contributed by atoms with van der Waals surface area (Å²) in [5.41, 5.74) is 5.94. The first-order chi connectivity index (χ1) is 8.34. The first kappa shape index (κ1) is 15.5. The zero-order valence-corrected chi connectivity index (χ0v) is 12.5.